The molecule has 0 heterocycles. The molecule has 4 nitrogen and oxygen atoms in total. The van der Waals surface area contributed by atoms with Crippen LogP contribution in [0.5, 0.6) is 0 Å². The molecule has 19 heavy (non-hydrogen) atoms. The SMILES string of the molecule is COCCN(CCC#N)C(=O)c1ccc(C)c(Cl)c1. The number of amides is 1. The fourth-order valence-electron chi connectivity index (χ4n) is 1.61. The summed E-state index contributed by atoms with van der Waals surface area (Å²) in [5, 5.41) is 9.20. The van der Waals surface area contributed by atoms with E-state index in [0.717, 1.165) is 5.56 Å². The zero-order valence-corrected chi connectivity index (χ0v) is 11.9. The quantitative estimate of drug-likeness (QED) is 0.805. The van der Waals surface area contributed by atoms with Gasteiger partial charge in [-0.3, -0.25) is 4.79 Å². The molecular weight excluding hydrogens is 264 g/mol. The average Bonchev–Trinajstić information content (AvgIpc) is 2.41. The van der Waals surface area contributed by atoms with Crippen LogP contribution in [0, 0.1) is 18.3 Å². The first-order valence-corrected chi connectivity index (χ1v) is 6.39. The predicted molar refractivity (Wildman–Crippen MR) is 74.2 cm³/mol. The number of nitrogens with zero attached hydrogens (tertiary/aromatic N) is 2. The molecule has 1 amide bonds. The van der Waals surface area contributed by atoms with Gasteiger partial charge in [0.25, 0.3) is 5.91 Å². The second-order valence-corrected chi connectivity index (χ2v) is 4.56. The van der Waals surface area contributed by atoms with Crippen LogP contribution in [0.2, 0.25) is 5.02 Å². The lowest BCUT2D eigenvalue weighted by atomic mass is 10.1. The van der Waals surface area contributed by atoms with Gasteiger partial charge in [-0.2, -0.15) is 5.26 Å². The highest BCUT2D eigenvalue weighted by atomic mass is 35.5. The Morgan fingerprint density at radius 2 is 2.21 bits per heavy atom. The van der Waals surface area contributed by atoms with Gasteiger partial charge in [0.2, 0.25) is 0 Å². The highest BCUT2D eigenvalue weighted by molar-refractivity contribution is 6.31. The third kappa shape index (κ3) is 4.55. The fourth-order valence-corrected chi connectivity index (χ4v) is 1.79. The lowest BCUT2D eigenvalue weighted by Gasteiger charge is -2.21. The fraction of sp³-hybridized carbons (Fsp3) is 0.429. The largest absolute Gasteiger partial charge is 0.383 e. The van der Waals surface area contributed by atoms with Gasteiger partial charge >= 0.3 is 0 Å². The third-order valence-corrected chi connectivity index (χ3v) is 3.17. The lowest BCUT2D eigenvalue weighted by Crippen LogP contribution is -2.34. The van der Waals surface area contributed by atoms with Crippen molar-refractivity contribution in [1.82, 2.24) is 4.90 Å². The first-order chi connectivity index (χ1) is 9.10. The number of aryl methyl sites for hydroxylation is 1. The van der Waals surface area contributed by atoms with Crippen molar-refractivity contribution in [3.8, 4) is 6.07 Å². The van der Waals surface area contributed by atoms with Crippen molar-refractivity contribution in [3.63, 3.8) is 0 Å². The van der Waals surface area contributed by atoms with Crippen molar-refractivity contribution in [1.29, 1.82) is 5.26 Å². The molecule has 5 heteroatoms. The molecule has 102 valence electrons. The lowest BCUT2D eigenvalue weighted by molar-refractivity contribution is 0.0700. The Hall–Kier alpha value is -1.57. The second kappa shape index (κ2) is 7.78. The van der Waals surface area contributed by atoms with Gasteiger partial charge < -0.3 is 9.64 Å². The Labute approximate surface area is 118 Å². The number of methoxy groups -OCH3 is 1. The van der Waals surface area contributed by atoms with Crippen molar-refractivity contribution < 1.29 is 9.53 Å². The molecule has 0 aromatic heterocycles. The summed E-state index contributed by atoms with van der Waals surface area (Å²) in [6.45, 7) is 3.18. The second-order valence-electron chi connectivity index (χ2n) is 4.16. The monoisotopic (exact) mass is 280 g/mol. The Morgan fingerprint density at radius 3 is 2.79 bits per heavy atom. The molecule has 0 atom stereocenters. The van der Waals surface area contributed by atoms with Crippen molar-refractivity contribution >= 4 is 17.5 Å². The summed E-state index contributed by atoms with van der Waals surface area (Å²) in [6, 6.07) is 7.26. The van der Waals surface area contributed by atoms with Crippen LogP contribution in [-0.4, -0.2) is 37.6 Å². The van der Waals surface area contributed by atoms with Gasteiger partial charge in [0.15, 0.2) is 0 Å². The third-order valence-electron chi connectivity index (χ3n) is 2.76. The van der Waals surface area contributed by atoms with Crippen molar-refractivity contribution in [2.24, 2.45) is 0 Å². The molecule has 0 saturated heterocycles. The molecule has 0 spiro atoms. The number of carbonyl (C=O) groups excluding carboxylic acids is 1. The number of rotatable bonds is 6. The summed E-state index contributed by atoms with van der Waals surface area (Å²) >= 11 is 6.02. The molecule has 0 bridgehead atoms. The molecular formula is C14H17ClN2O2. The molecule has 0 aliphatic heterocycles. The summed E-state index contributed by atoms with van der Waals surface area (Å²) in [6.07, 6.45) is 0.301. The molecule has 0 unspecified atom stereocenters. The maximum absolute atomic E-state index is 12.3. The Balaban J connectivity index is 2.84. The smallest absolute Gasteiger partial charge is 0.254 e. The zero-order chi connectivity index (χ0) is 14.3. The van der Waals surface area contributed by atoms with Crippen molar-refractivity contribution in [2.45, 2.75) is 13.3 Å². The van der Waals surface area contributed by atoms with Crippen molar-refractivity contribution in [2.75, 3.05) is 26.8 Å². The van der Waals surface area contributed by atoms with E-state index in [0.29, 0.717) is 36.7 Å². The molecule has 0 N–H and O–H groups in total. The molecule has 0 aliphatic carbocycles. The highest BCUT2D eigenvalue weighted by Gasteiger charge is 2.15. The van der Waals surface area contributed by atoms with E-state index >= 15 is 0 Å². The number of halogens is 1. The average molecular weight is 281 g/mol. The molecule has 0 radical (unpaired) electrons. The first kappa shape index (κ1) is 15.5. The number of carbonyl (C=O) groups is 1. The van der Waals surface area contributed by atoms with Gasteiger partial charge in [-0.05, 0) is 24.6 Å². The number of benzene rings is 1. The zero-order valence-electron chi connectivity index (χ0n) is 11.1. The standard InChI is InChI=1S/C14H17ClN2O2/c1-11-4-5-12(10-13(11)15)14(18)17(7-3-6-16)8-9-19-2/h4-5,10H,3,7-9H2,1-2H3. The van der Waals surface area contributed by atoms with E-state index in [9.17, 15) is 4.79 Å². The van der Waals surface area contributed by atoms with Crippen LogP contribution in [0.4, 0.5) is 0 Å². The van der Waals surface area contributed by atoms with Crippen LogP contribution < -0.4 is 0 Å². The van der Waals surface area contributed by atoms with E-state index in [1.54, 1.807) is 24.1 Å². The molecule has 0 aliphatic rings. The Morgan fingerprint density at radius 1 is 1.47 bits per heavy atom. The molecule has 0 saturated carbocycles. The summed E-state index contributed by atoms with van der Waals surface area (Å²) in [5.74, 6) is -0.130. The molecule has 0 fully saturated rings. The number of nitriles is 1. The van der Waals surface area contributed by atoms with E-state index in [-0.39, 0.29) is 5.91 Å². The number of hydrogen-bond donors (Lipinski definition) is 0. The van der Waals surface area contributed by atoms with E-state index in [1.165, 1.54) is 0 Å². The van der Waals surface area contributed by atoms with Gasteiger partial charge in [-0.25, -0.2) is 0 Å². The highest BCUT2D eigenvalue weighted by Crippen LogP contribution is 2.18. The summed E-state index contributed by atoms with van der Waals surface area (Å²) in [7, 11) is 1.58. The minimum Gasteiger partial charge on any atom is -0.383 e. The van der Waals surface area contributed by atoms with Gasteiger partial charge in [0, 0.05) is 30.8 Å². The Kier molecular flexibility index (Phi) is 6.34. The normalized spacial score (nSPS) is 10.0. The minimum absolute atomic E-state index is 0.130. The van der Waals surface area contributed by atoms with Gasteiger partial charge in [0.05, 0.1) is 19.1 Å². The van der Waals surface area contributed by atoms with Crippen LogP contribution >= 0.6 is 11.6 Å². The maximum Gasteiger partial charge on any atom is 0.254 e. The summed E-state index contributed by atoms with van der Waals surface area (Å²) in [5.41, 5.74) is 1.46. The van der Waals surface area contributed by atoms with Crippen LogP contribution in [0.25, 0.3) is 0 Å². The van der Waals surface area contributed by atoms with E-state index in [2.05, 4.69) is 0 Å². The molecule has 1 rings (SSSR count). The summed E-state index contributed by atoms with van der Waals surface area (Å²) in [4.78, 5) is 13.9. The van der Waals surface area contributed by atoms with Crippen molar-refractivity contribution in [3.05, 3.63) is 34.3 Å². The van der Waals surface area contributed by atoms with Crippen LogP contribution in [0.3, 0.4) is 0 Å². The topological polar surface area (TPSA) is 53.3 Å². The first-order valence-electron chi connectivity index (χ1n) is 6.01. The van der Waals surface area contributed by atoms with Crippen LogP contribution in [0.15, 0.2) is 18.2 Å². The molecule has 1 aromatic rings. The predicted octanol–water partition coefficient (Wildman–Crippen LogP) is 2.65. The summed E-state index contributed by atoms with van der Waals surface area (Å²) < 4.78 is 4.98. The number of ether oxygens (including phenoxy) is 1. The van der Waals surface area contributed by atoms with E-state index in [4.69, 9.17) is 21.6 Å². The molecule has 1 aromatic carbocycles. The van der Waals surface area contributed by atoms with Gasteiger partial charge in [-0.1, -0.05) is 17.7 Å². The Bertz CT molecular complexity index is 483. The van der Waals surface area contributed by atoms with Gasteiger partial charge in [0.1, 0.15) is 0 Å². The van der Waals surface area contributed by atoms with Crippen LogP contribution in [-0.2, 0) is 4.74 Å². The van der Waals surface area contributed by atoms with Gasteiger partial charge in [-0.15, -0.1) is 0 Å². The van der Waals surface area contributed by atoms with Crippen LogP contribution in [0.1, 0.15) is 22.3 Å². The van der Waals surface area contributed by atoms with E-state index < -0.39 is 0 Å². The maximum atomic E-state index is 12.3. The number of hydrogen-bond acceptors (Lipinski definition) is 3. The van der Waals surface area contributed by atoms with E-state index in [1.807, 2.05) is 19.1 Å². The minimum atomic E-state index is -0.130.